The molecule has 3 heteroatoms. The molecule has 0 heterocycles. The summed E-state index contributed by atoms with van der Waals surface area (Å²) in [4.78, 5) is 0. The number of nitrogens with two attached hydrogens (primary N) is 1. The largest absolute Gasteiger partial charge is 0.380 e. The minimum Gasteiger partial charge on any atom is -0.380 e. The van der Waals surface area contributed by atoms with Crippen LogP contribution in [0.1, 0.15) is 18.9 Å². The smallest absolute Gasteiger partial charge is 0.0722 e. The minimum atomic E-state index is 0.0642. The van der Waals surface area contributed by atoms with E-state index < -0.39 is 0 Å². The van der Waals surface area contributed by atoms with Crippen molar-refractivity contribution < 1.29 is 4.74 Å². The van der Waals surface area contributed by atoms with Gasteiger partial charge in [-0.15, -0.1) is 0 Å². The monoisotopic (exact) mass is 271 g/mol. The second-order valence-electron chi connectivity index (χ2n) is 3.68. The number of rotatable bonds is 5. The fraction of sp³-hybridized carbons (Fsp3) is 0.500. The molecule has 0 spiro atoms. The van der Waals surface area contributed by atoms with E-state index in [9.17, 15) is 0 Å². The predicted molar refractivity (Wildman–Crippen MR) is 66.9 cm³/mol. The lowest BCUT2D eigenvalue weighted by Crippen LogP contribution is -2.37. The van der Waals surface area contributed by atoms with E-state index in [2.05, 4.69) is 35.0 Å². The van der Waals surface area contributed by atoms with Crippen molar-refractivity contribution in [3.05, 3.63) is 34.3 Å². The lowest BCUT2D eigenvalue weighted by molar-refractivity contribution is 0.0773. The summed E-state index contributed by atoms with van der Waals surface area (Å²) in [6.45, 7) is 2.09. The first-order valence-corrected chi connectivity index (χ1v) is 5.99. The van der Waals surface area contributed by atoms with Crippen molar-refractivity contribution in [1.29, 1.82) is 0 Å². The molecule has 0 aromatic heterocycles. The molecular formula is C12H18BrNO. The Bertz CT molecular complexity index is 299. The molecule has 0 aliphatic heterocycles. The van der Waals surface area contributed by atoms with E-state index in [-0.39, 0.29) is 12.1 Å². The molecule has 0 radical (unpaired) electrons. The van der Waals surface area contributed by atoms with Gasteiger partial charge in [-0.2, -0.15) is 0 Å². The topological polar surface area (TPSA) is 35.2 Å². The van der Waals surface area contributed by atoms with Crippen molar-refractivity contribution in [2.75, 3.05) is 7.11 Å². The fourth-order valence-corrected chi connectivity index (χ4v) is 2.16. The molecule has 0 saturated heterocycles. The lowest BCUT2D eigenvalue weighted by atomic mass is 10.0. The molecule has 0 fully saturated rings. The second-order valence-corrected chi connectivity index (χ2v) is 4.60. The van der Waals surface area contributed by atoms with Crippen LogP contribution in [0.2, 0.25) is 0 Å². The first kappa shape index (κ1) is 12.7. The van der Waals surface area contributed by atoms with E-state index in [0.717, 1.165) is 17.3 Å². The highest BCUT2D eigenvalue weighted by Crippen LogP contribution is 2.14. The highest BCUT2D eigenvalue weighted by molar-refractivity contribution is 9.10. The highest BCUT2D eigenvalue weighted by Gasteiger charge is 2.15. The summed E-state index contributed by atoms with van der Waals surface area (Å²) in [5.74, 6) is 0. The van der Waals surface area contributed by atoms with E-state index in [1.54, 1.807) is 7.11 Å². The normalized spacial score (nSPS) is 14.9. The van der Waals surface area contributed by atoms with E-state index in [1.807, 2.05) is 12.1 Å². The Morgan fingerprint density at radius 2 is 2.20 bits per heavy atom. The standard InChI is InChI=1S/C12H18BrNO/c1-3-12(15-2)11(14)8-9-5-4-6-10(13)7-9/h4-7,11-12H,3,8,14H2,1-2H3. The SMILES string of the molecule is CCC(OC)C(N)Cc1cccc(Br)c1. The van der Waals surface area contributed by atoms with Gasteiger partial charge in [0.05, 0.1) is 6.10 Å². The van der Waals surface area contributed by atoms with Crippen molar-refractivity contribution in [2.24, 2.45) is 5.73 Å². The van der Waals surface area contributed by atoms with Crippen LogP contribution in [-0.4, -0.2) is 19.3 Å². The Balaban J connectivity index is 2.61. The number of halogens is 1. The molecule has 2 N–H and O–H groups in total. The molecule has 2 atom stereocenters. The fourth-order valence-electron chi connectivity index (χ4n) is 1.71. The minimum absolute atomic E-state index is 0.0642. The third-order valence-corrected chi connectivity index (χ3v) is 3.04. The summed E-state index contributed by atoms with van der Waals surface area (Å²) in [5, 5.41) is 0. The molecule has 1 rings (SSSR count). The average Bonchev–Trinajstić information content (AvgIpc) is 2.19. The summed E-state index contributed by atoms with van der Waals surface area (Å²) in [6, 6.07) is 8.30. The summed E-state index contributed by atoms with van der Waals surface area (Å²) in [5.41, 5.74) is 7.32. The Hall–Kier alpha value is -0.380. The van der Waals surface area contributed by atoms with Crippen LogP contribution in [0.5, 0.6) is 0 Å². The van der Waals surface area contributed by atoms with E-state index in [0.29, 0.717) is 0 Å². The molecule has 0 bridgehead atoms. The van der Waals surface area contributed by atoms with Crippen LogP contribution in [0.3, 0.4) is 0 Å². The first-order valence-electron chi connectivity index (χ1n) is 5.20. The summed E-state index contributed by atoms with van der Waals surface area (Å²) in [6.07, 6.45) is 1.95. The Morgan fingerprint density at radius 1 is 1.47 bits per heavy atom. The van der Waals surface area contributed by atoms with Crippen LogP contribution < -0.4 is 5.73 Å². The number of methoxy groups -OCH3 is 1. The van der Waals surface area contributed by atoms with E-state index in [1.165, 1.54) is 5.56 Å². The van der Waals surface area contributed by atoms with E-state index in [4.69, 9.17) is 10.5 Å². The molecule has 84 valence electrons. The second kappa shape index (κ2) is 6.26. The van der Waals surface area contributed by atoms with Gasteiger partial charge in [0.1, 0.15) is 0 Å². The maximum absolute atomic E-state index is 6.08. The zero-order chi connectivity index (χ0) is 11.3. The molecule has 0 aliphatic carbocycles. The molecule has 0 saturated carbocycles. The van der Waals surface area contributed by atoms with Gasteiger partial charge in [0.2, 0.25) is 0 Å². The predicted octanol–water partition coefficient (Wildman–Crippen LogP) is 2.74. The van der Waals surface area contributed by atoms with Gasteiger partial charge in [-0.05, 0) is 30.5 Å². The van der Waals surface area contributed by atoms with Crippen molar-refractivity contribution in [2.45, 2.75) is 31.9 Å². The zero-order valence-electron chi connectivity index (χ0n) is 9.24. The van der Waals surface area contributed by atoms with Gasteiger partial charge in [0.25, 0.3) is 0 Å². The molecule has 0 aliphatic rings. The average molecular weight is 272 g/mol. The van der Waals surface area contributed by atoms with Crippen LogP contribution in [0.25, 0.3) is 0 Å². The molecule has 1 aromatic carbocycles. The number of hydrogen-bond acceptors (Lipinski definition) is 2. The maximum atomic E-state index is 6.08. The van der Waals surface area contributed by atoms with Gasteiger partial charge in [0.15, 0.2) is 0 Å². The first-order chi connectivity index (χ1) is 7.17. The van der Waals surface area contributed by atoms with Crippen LogP contribution in [0.4, 0.5) is 0 Å². The number of hydrogen-bond donors (Lipinski definition) is 1. The van der Waals surface area contributed by atoms with Crippen molar-refractivity contribution in [3.8, 4) is 0 Å². The Kier molecular flexibility index (Phi) is 5.29. The van der Waals surface area contributed by atoms with Crippen LogP contribution in [-0.2, 0) is 11.2 Å². The molecule has 0 amide bonds. The van der Waals surface area contributed by atoms with Crippen molar-refractivity contribution in [1.82, 2.24) is 0 Å². The Morgan fingerprint density at radius 3 is 2.73 bits per heavy atom. The van der Waals surface area contributed by atoms with Crippen LogP contribution >= 0.6 is 15.9 Å². The van der Waals surface area contributed by atoms with Gasteiger partial charge < -0.3 is 10.5 Å². The highest BCUT2D eigenvalue weighted by atomic mass is 79.9. The number of ether oxygens (including phenoxy) is 1. The third-order valence-electron chi connectivity index (χ3n) is 2.54. The van der Waals surface area contributed by atoms with Crippen molar-refractivity contribution in [3.63, 3.8) is 0 Å². The van der Waals surface area contributed by atoms with Crippen LogP contribution in [0.15, 0.2) is 28.7 Å². The summed E-state index contributed by atoms with van der Waals surface area (Å²) < 4.78 is 6.42. The van der Waals surface area contributed by atoms with Gasteiger partial charge in [0, 0.05) is 17.6 Å². The third kappa shape index (κ3) is 3.93. The van der Waals surface area contributed by atoms with Gasteiger partial charge in [-0.1, -0.05) is 35.0 Å². The number of benzene rings is 1. The molecule has 1 aromatic rings. The molecule has 2 nitrogen and oxygen atoms in total. The van der Waals surface area contributed by atoms with E-state index >= 15 is 0 Å². The molecular weight excluding hydrogens is 254 g/mol. The summed E-state index contributed by atoms with van der Waals surface area (Å²) >= 11 is 3.45. The molecule has 15 heavy (non-hydrogen) atoms. The van der Waals surface area contributed by atoms with Crippen molar-refractivity contribution >= 4 is 15.9 Å². The Labute approximate surface area is 99.9 Å². The lowest BCUT2D eigenvalue weighted by Gasteiger charge is -2.21. The summed E-state index contributed by atoms with van der Waals surface area (Å²) in [7, 11) is 1.72. The maximum Gasteiger partial charge on any atom is 0.0722 e. The quantitative estimate of drug-likeness (QED) is 0.894. The van der Waals surface area contributed by atoms with Crippen LogP contribution in [0, 0.1) is 0 Å². The zero-order valence-corrected chi connectivity index (χ0v) is 10.8. The van der Waals surface area contributed by atoms with Gasteiger partial charge in [-0.3, -0.25) is 0 Å². The molecule has 2 unspecified atom stereocenters. The van der Waals surface area contributed by atoms with Gasteiger partial charge >= 0.3 is 0 Å². The van der Waals surface area contributed by atoms with Gasteiger partial charge in [-0.25, -0.2) is 0 Å².